The van der Waals surface area contributed by atoms with Gasteiger partial charge in [-0.1, -0.05) is 30.3 Å². The zero-order valence-corrected chi connectivity index (χ0v) is 12.9. The van der Waals surface area contributed by atoms with Gasteiger partial charge in [0.15, 0.2) is 0 Å². The number of benzene rings is 1. The fourth-order valence-electron chi connectivity index (χ4n) is 3.88. The van der Waals surface area contributed by atoms with Crippen LogP contribution in [0, 0.1) is 5.92 Å². The summed E-state index contributed by atoms with van der Waals surface area (Å²) >= 11 is 0. The molecule has 2 bridgehead atoms. The molecule has 3 aliphatic heterocycles. The second kappa shape index (κ2) is 5.69. The lowest BCUT2D eigenvalue weighted by atomic mass is 9.79. The van der Waals surface area contributed by atoms with Crippen LogP contribution in [-0.4, -0.2) is 40.0 Å². The van der Waals surface area contributed by atoms with Gasteiger partial charge in [-0.3, -0.25) is 4.90 Å². The average molecular weight is 294 g/mol. The molecular formula is C18H22N4. The first kappa shape index (κ1) is 13.7. The first-order valence-corrected chi connectivity index (χ1v) is 8.19. The molecule has 4 nitrogen and oxygen atoms in total. The van der Waals surface area contributed by atoms with Crippen molar-refractivity contribution in [1.29, 1.82) is 0 Å². The van der Waals surface area contributed by atoms with Crippen LogP contribution >= 0.6 is 0 Å². The van der Waals surface area contributed by atoms with Crippen molar-refractivity contribution >= 4 is 5.95 Å². The Morgan fingerprint density at radius 1 is 1.00 bits per heavy atom. The first-order chi connectivity index (χ1) is 10.8. The predicted molar refractivity (Wildman–Crippen MR) is 88.6 cm³/mol. The van der Waals surface area contributed by atoms with Crippen molar-refractivity contribution in [2.45, 2.75) is 31.8 Å². The maximum Gasteiger partial charge on any atom is 0.222 e. The van der Waals surface area contributed by atoms with E-state index >= 15 is 0 Å². The molecule has 22 heavy (non-hydrogen) atoms. The zero-order valence-electron chi connectivity index (χ0n) is 12.9. The smallest absolute Gasteiger partial charge is 0.222 e. The maximum absolute atomic E-state index is 4.53. The molecule has 3 fully saturated rings. The Balaban J connectivity index is 1.50. The van der Waals surface area contributed by atoms with Gasteiger partial charge in [-0.2, -0.15) is 0 Å². The summed E-state index contributed by atoms with van der Waals surface area (Å²) in [5.74, 6) is 1.52. The molecule has 5 rings (SSSR count). The van der Waals surface area contributed by atoms with E-state index in [9.17, 15) is 0 Å². The molecule has 0 radical (unpaired) electrons. The molecule has 3 aliphatic rings. The summed E-state index contributed by atoms with van der Waals surface area (Å²) < 4.78 is 0. The zero-order chi connectivity index (χ0) is 14.9. The number of piperidine rings is 3. The molecule has 4 heterocycles. The highest BCUT2D eigenvalue weighted by atomic mass is 15.2. The van der Waals surface area contributed by atoms with E-state index in [2.05, 4.69) is 39.2 Å². The van der Waals surface area contributed by atoms with Gasteiger partial charge >= 0.3 is 0 Å². The Kier molecular flexibility index (Phi) is 3.54. The van der Waals surface area contributed by atoms with Gasteiger partial charge in [0, 0.05) is 30.0 Å². The molecule has 2 aromatic rings. The second-order valence-corrected chi connectivity index (χ2v) is 6.45. The van der Waals surface area contributed by atoms with Crippen molar-refractivity contribution < 1.29 is 0 Å². The molecule has 0 unspecified atom stereocenters. The van der Waals surface area contributed by atoms with Gasteiger partial charge in [0.05, 0.1) is 0 Å². The van der Waals surface area contributed by atoms with Crippen LogP contribution in [0.15, 0.2) is 42.7 Å². The van der Waals surface area contributed by atoms with Crippen LogP contribution in [0.2, 0.25) is 0 Å². The Morgan fingerprint density at radius 3 is 2.32 bits per heavy atom. The molecule has 0 amide bonds. The van der Waals surface area contributed by atoms with Crippen LogP contribution in [-0.2, 0) is 0 Å². The Labute approximate surface area is 131 Å². The predicted octanol–water partition coefficient (Wildman–Crippen LogP) is 3.04. The van der Waals surface area contributed by atoms with E-state index in [0.29, 0.717) is 12.1 Å². The van der Waals surface area contributed by atoms with Crippen LogP contribution in [0.4, 0.5) is 5.95 Å². The molecule has 0 saturated carbocycles. The number of hydrogen-bond acceptors (Lipinski definition) is 4. The van der Waals surface area contributed by atoms with Gasteiger partial charge in [-0.05, 0) is 44.3 Å². The molecule has 4 heteroatoms. The van der Waals surface area contributed by atoms with Crippen molar-refractivity contribution in [3.05, 3.63) is 42.7 Å². The van der Waals surface area contributed by atoms with E-state index < -0.39 is 0 Å². The summed E-state index contributed by atoms with van der Waals surface area (Å²) in [6, 6.07) is 11.3. The van der Waals surface area contributed by atoms with Gasteiger partial charge in [0.25, 0.3) is 0 Å². The largest absolute Gasteiger partial charge is 0.350 e. The topological polar surface area (TPSA) is 41.1 Å². The van der Waals surface area contributed by atoms with E-state index in [1.165, 1.54) is 25.9 Å². The van der Waals surface area contributed by atoms with Gasteiger partial charge in [-0.15, -0.1) is 0 Å². The van der Waals surface area contributed by atoms with Gasteiger partial charge in [0.1, 0.15) is 0 Å². The molecule has 0 spiro atoms. The minimum absolute atomic E-state index is 0.477. The van der Waals surface area contributed by atoms with E-state index in [4.69, 9.17) is 0 Å². The third kappa shape index (κ3) is 2.48. The summed E-state index contributed by atoms with van der Waals surface area (Å²) in [5, 5.41) is 3.58. The lowest BCUT2D eigenvalue weighted by Crippen LogP contribution is -2.59. The Bertz CT molecular complexity index is 615. The fraction of sp³-hybridized carbons (Fsp3) is 0.444. The highest BCUT2D eigenvalue weighted by molar-refractivity contribution is 5.61. The average Bonchev–Trinajstić information content (AvgIpc) is 2.60. The minimum atomic E-state index is 0.477. The number of nitrogens with one attached hydrogen (secondary N) is 1. The highest BCUT2D eigenvalue weighted by Gasteiger charge is 2.39. The van der Waals surface area contributed by atoms with Gasteiger partial charge in [0.2, 0.25) is 5.95 Å². The minimum Gasteiger partial charge on any atom is -0.350 e. The summed E-state index contributed by atoms with van der Waals surface area (Å²) in [4.78, 5) is 11.6. The standard InChI is InChI=1S/C18H22N4/c1-13-17(15-7-9-22(13)10-8-15)21-18-19-11-16(12-20-18)14-5-3-2-4-6-14/h2-6,11-13,15,17H,7-10H2,1H3,(H,19,20,21)/t13-,17-/m1/s1. The van der Waals surface area contributed by atoms with Crippen LogP contribution < -0.4 is 5.32 Å². The summed E-state index contributed by atoms with van der Waals surface area (Å²) in [6.07, 6.45) is 6.42. The van der Waals surface area contributed by atoms with E-state index in [0.717, 1.165) is 23.0 Å². The number of aromatic nitrogens is 2. The molecule has 1 aromatic heterocycles. The first-order valence-electron chi connectivity index (χ1n) is 8.19. The van der Waals surface area contributed by atoms with Crippen molar-refractivity contribution in [3.63, 3.8) is 0 Å². The van der Waals surface area contributed by atoms with E-state index in [1.807, 2.05) is 30.6 Å². The molecule has 3 saturated heterocycles. The number of rotatable bonds is 3. The third-order valence-electron chi connectivity index (χ3n) is 5.23. The number of hydrogen-bond donors (Lipinski definition) is 1. The van der Waals surface area contributed by atoms with Crippen molar-refractivity contribution in [2.24, 2.45) is 5.92 Å². The summed E-state index contributed by atoms with van der Waals surface area (Å²) in [5.41, 5.74) is 2.22. The molecule has 1 aromatic carbocycles. The Hall–Kier alpha value is -1.94. The normalized spacial score (nSPS) is 30.2. The summed E-state index contributed by atoms with van der Waals surface area (Å²) in [6.45, 7) is 4.82. The van der Waals surface area contributed by atoms with E-state index in [-0.39, 0.29) is 0 Å². The lowest BCUT2D eigenvalue weighted by Gasteiger charge is -2.49. The quantitative estimate of drug-likeness (QED) is 0.944. The molecule has 1 N–H and O–H groups in total. The van der Waals surface area contributed by atoms with Gasteiger partial charge < -0.3 is 5.32 Å². The number of anilines is 1. The summed E-state index contributed by atoms with van der Waals surface area (Å²) in [7, 11) is 0. The lowest BCUT2D eigenvalue weighted by molar-refractivity contribution is 0.0455. The Morgan fingerprint density at radius 2 is 1.68 bits per heavy atom. The SMILES string of the molecule is C[C@@H]1[C@@H](Nc2ncc(-c3ccccc3)cn2)C2CCN1CC2. The third-order valence-corrected chi connectivity index (χ3v) is 5.23. The fourth-order valence-corrected chi connectivity index (χ4v) is 3.88. The number of fused-ring (bicyclic) bond motifs is 3. The maximum atomic E-state index is 4.53. The van der Waals surface area contributed by atoms with Crippen LogP contribution in [0.3, 0.4) is 0 Å². The van der Waals surface area contributed by atoms with Crippen molar-refractivity contribution in [3.8, 4) is 11.1 Å². The second-order valence-electron chi connectivity index (χ2n) is 6.45. The monoisotopic (exact) mass is 294 g/mol. The molecule has 114 valence electrons. The van der Waals surface area contributed by atoms with Crippen molar-refractivity contribution in [1.82, 2.24) is 14.9 Å². The molecule has 2 atom stereocenters. The van der Waals surface area contributed by atoms with Crippen molar-refractivity contribution in [2.75, 3.05) is 18.4 Å². The van der Waals surface area contributed by atoms with E-state index in [1.54, 1.807) is 0 Å². The molecular weight excluding hydrogens is 272 g/mol. The highest BCUT2D eigenvalue weighted by Crippen LogP contribution is 2.33. The molecule has 0 aliphatic carbocycles. The number of nitrogens with zero attached hydrogens (tertiary/aromatic N) is 3. The van der Waals surface area contributed by atoms with Gasteiger partial charge in [-0.25, -0.2) is 9.97 Å². The van der Waals surface area contributed by atoms with Crippen LogP contribution in [0.1, 0.15) is 19.8 Å². The van der Waals surface area contributed by atoms with Crippen LogP contribution in [0.25, 0.3) is 11.1 Å². The van der Waals surface area contributed by atoms with Crippen LogP contribution in [0.5, 0.6) is 0 Å².